The van der Waals surface area contributed by atoms with Gasteiger partial charge in [0.25, 0.3) is 0 Å². The molecule has 0 fully saturated rings. The van der Waals surface area contributed by atoms with Crippen molar-refractivity contribution >= 4 is 11.8 Å². The standard InChI is InChI=1S/C21H20N4O3S/c1-14-12-15(24-28-14)13-29-21-23-22-20(18-6-4-5-7-19(18)27-3)25(21)16-8-10-17(26-2)11-9-16/h4-12H,13H2,1-3H3. The fourth-order valence-electron chi connectivity index (χ4n) is 2.96. The van der Waals surface area contributed by atoms with Crippen LogP contribution in [0, 0.1) is 6.92 Å². The van der Waals surface area contributed by atoms with Crippen LogP contribution in [0.5, 0.6) is 11.5 Å². The van der Waals surface area contributed by atoms with Crippen LogP contribution in [0.15, 0.2) is 64.3 Å². The lowest BCUT2D eigenvalue weighted by molar-refractivity contribution is 0.393. The van der Waals surface area contributed by atoms with Gasteiger partial charge in [-0.25, -0.2) is 0 Å². The predicted molar refractivity (Wildman–Crippen MR) is 111 cm³/mol. The van der Waals surface area contributed by atoms with Crippen molar-refractivity contribution in [2.24, 2.45) is 0 Å². The highest BCUT2D eigenvalue weighted by Gasteiger charge is 2.19. The van der Waals surface area contributed by atoms with Crippen LogP contribution in [0.1, 0.15) is 11.5 Å². The highest BCUT2D eigenvalue weighted by atomic mass is 32.2. The molecule has 0 saturated carbocycles. The van der Waals surface area contributed by atoms with E-state index in [-0.39, 0.29) is 0 Å². The lowest BCUT2D eigenvalue weighted by atomic mass is 10.2. The van der Waals surface area contributed by atoms with Gasteiger partial charge in [0.05, 0.1) is 31.2 Å². The first-order chi connectivity index (χ1) is 14.2. The van der Waals surface area contributed by atoms with E-state index in [1.54, 1.807) is 26.0 Å². The first kappa shape index (κ1) is 19.1. The number of methoxy groups -OCH3 is 2. The zero-order valence-electron chi connectivity index (χ0n) is 16.3. The summed E-state index contributed by atoms with van der Waals surface area (Å²) in [5, 5.41) is 13.7. The van der Waals surface area contributed by atoms with Crippen molar-refractivity contribution in [1.82, 2.24) is 19.9 Å². The van der Waals surface area contributed by atoms with Gasteiger partial charge in [-0.2, -0.15) is 0 Å². The number of rotatable bonds is 7. The van der Waals surface area contributed by atoms with Gasteiger partial charge in [-0.15, -0.1) is 10.2 Å². The third-order valence-electron chi connectivity index (χ3n) is 4.34. The van der Waals surface area contributed by atoms with Crippen LogP contribution in [0.3, 0.4) is 0 Å². The molecule has 0 saturated heterocycles. The topological polar surface area (TPSA) is 75.2 Å². The number of aryl methyl sites for hydroxylation is 1. The minimum atomic E-state index is 0.623. The average Bonchev–Trinajstić information content (AvgIpc) is 3.38. The van der Waals surface area contributed by atoms with Crippen molar-refractivity contribution in [3.8, 4) is 28.6 Å². The Labute approximate surface area is 172 Å². The van der Waals surface area contributed by atoms with E-state index in [1.807, 2.05) is 66.1 Å². The first-order valence-corrected chi connectivity index (χ1v) is 9.96. The van der Waals surface area contributed by atoms with Crippen LogP contribution in [0.2, 0.25) is 0 Å². The number of thioether (sulfide) groups is 1. The molecule has 2 aromatic carbocycles. The molecular formula is C21H20N4O3S. The minimum Gasteiger partial charge on any atom is -0.497 e. The Morgan fingerprint density at radius 2 is 1.79 bits per heavy atom. The maximum Gasteiger partial charge on any atom is 0.196 e. The van der Waals surface area contributed by atoms with E-state index in [4.69, 9.17) is 14.0 Å². The Morgan fingerprint density at radius 3 is 2.48 bits per heavy atom. The SMILES string of the molecule is COc1ccc(-n2c(SCc3cc(C)on3)nnc2-c2ccccc2OC)cc1. The highest BCUT2D eigenvalue weighted by molar-refractivity contribution is 7.98. The van der Waals surface area contributed by atoms with Crippen molar-refractivity contribution in [1.29, 1.82) is 0 Å². The van der Waals surface area contributed by atoms with Gasteiger partial charge < -0.3 is 14.0 Å². The van der Waals surface area contributed by atoms with Gasteiger partial charge in [0, 0.05) is 11.8 Å². The van der Waals surface area contributed by atoms with Crippen LogP contribution in [-0.2, 0) is 5.75 Å². The molecule has 0 aliphatic heterocycles. The van der Waals surface area contributed by atoms with Gasteiger partial charge in [0.15, 0.2) is 11.0 Å². The maximum absolute atomic E-state index is 5.54. The van der Waals surface area contributed by atoms with Crippen LogP contribution in [0.4, 0.5) is 0 Å². The number of nitrogens with zero attached hydrogens (tertiary/aromatic N) is 4. The summed E-state index contributed by atoms with van der Waals surface area (Å²) in [4.78, 5) is 0. The van der Waals surface area contributed by atoms with Gasteiger partial charge in [-0.05, 0) is 43.3 Å². The summed E-state index contributed by atoms with van der Waals surface area (Å²) in [6, 6.07) is 17.5. The lowest BCUT2D eigenvalue weighted by Gasteiger charge is -2.12. The minimum absolute atomic E-state index is 0.623. The Hall–Kier alpha value is -3.26. The zero-order valence-corrected chi connectivity index (χ0v) is 17.1. The van der Waals surface area contributed by atoms with E-state index in [9.17, 15) is 0 Å². The number of ether oxygens (including phenoxy) is 2. The van der Waals surface area contributed by atoms with Crippen LogP contribution < -0.4 is 9.47 Å². The summed E-state index contributed by atoms with van der Waals surface area (Å²) in [6.07, 6.45) is 0. The van der Waals surface area contributed by atoms with Crippen LogP contribution in [0.25, 0.3) is 17.1 Å². The predicted octanol–water partition coefficient (Wildman–Crippen LogP) is 4.54. The van der Waals surface area contributed by atoms with Gasteiger partial charge in [0.2, 0.25) is 0 Å². The van der Waals surface area contributed by atoms with Gasteiger partial charge in [-0.3, -0.25) is 4.57 Å². The summed E-state index contributed by atoms with van der Waals surface area (Å²) in [5.74, 6) is 3.63. The number of hydrogen-bond acceptors (Lipinski definition) is 7. The van der Waals surface area contributed by atoms with Crippen molar-refractivity contribution in [3.63, 3.8) is 0 Å². The molecule has 0 spiro atoms. The molecule has 0 bridgehead atoms. The largest absolute Gasteiger partial charge is 0.497 e. The van der Waals surface area contributed by atoms with E-state index in [0.717, 1.165) is 39.4 Å². The molecular weight excluding hydrogens is 388 g/mol. The Balaban J connectivity index is 1.77. The molecule has 2 heterocycles. The molecule has 4 aromatic rings. The molecule has 29 heavy (non-hydrogen) atoms. The summed E-state index contributed by atoms with van der Waals surface area (Å²) in [5.41, 5.74) is 2.65. The Bertz CT molecular complexity index is 1110. The fourth-order valence-corrected chi connectivity index (χ4v) is 3.79. The summed E-state index contributed by atoms with van der Waals surface area (Å²) in [7, 11) is 3.30. The molecule has 0 amide bonds. The molecule has 2 aromatic heterocycles. The molecule has 7 nitrogen and oxygen atoms in total. The lowest BCUT2D eigenvalue weighted by Crippen LogP contribution is -2.01. The molecule has 0 radical (unpaired) electrons. The molecule has 0 N–H and O–H groups in total. The molecule has 4 rings (SSSR count). The van der Waals surface area contributed by atoms with Gasteiger partial charge in [-0.1, -0.05) is 29.1 Å². The van der Waals surface area contributed by atoms with E-state index in [2.05, 4.69) is 15.4 Å². The third-order valence-corrected chi connectivity index (χ3v) is 5.30. The summed E-state index contributed by atoms with van der Waals surface area (Å²) < 4.78 is 18.0. The number of aromatic nitrogens is 4. The molecule has 0 aliphatic carbocycles. The van der Waals surface area contributed by atoms with E-state index in [0.29, 0.717) is 11.6 Å². The Kier molecular flexibility index (Phi) is 5.53. The average molecular weight is 408 g/mol. The number of hydrogen-bond donors (Lipinski definition) is 0. The molecule has 0 unspecified atom stereocenters. The normalized spacial score (nSPS) is 10.9. The van der Waals surface area contributed by atoms with Crippen molar-refractivity contribution in [3.05, 3.63) is 66.1 Å². The number of para-hydroxylation sites is 1. The highest BCUT2D eigenvalue weighted by Crippen LogP contribution is 2.34. The van der Waals surface area contributed by atoms with Crippen molar-refractivity contribution in [2.75, 3.05) is 14.2 Å². The van der Waals surface area contributed by atoms with E-state index >= 15 is 0 Å². The van der Waals surface area contributed by atoms with Crippen LogP contribution in [-0.4, -0.2) is 34.1 Å². The molecule has 148 valence electrons. The summed E-state index contributed by atoms with van der Waals surface area (Å²) >= 11 is 1.54. The monoisotopic (exact) mass is 408 g/mol. The van der Waals surface area contributed by atoms with Crippen molar-refractivity contribution < 1.29 is 14.0 Å². The Morgan fingerprint density at radius 1 is 1.00 bits per heavy atom. The smallest absolute Gasteiger partial charge is 0.196 e. The second kappa shape index (κ2) is 8.40. The van der Waals surface area contributed by atoms with Gasteiger partial charge in [0.1, 0.15) is 17.3 Å². The third kappa shape index (κ3) is 3.97. The van der Waals surface area contributed by atoms with E-state index in [1.165, 1.54) is 0 Å². The zero-order chi connectivity index (χ0) is 20.2. The van der Waals surface area contributed by atoms with Gasteiger partial charge >= 0.3 is 0 Å². The van der Waals surface area contributed by atoms with E-state index < -0.39 is 0 Å². The number of benzene rings is 2. The first-order valence-electron chi connectivity index (χ1n) is 8.98. The van der Waals surface area contributed by atoms with Crippen molar-refractivity contribution in [2.45, 2.75) is 17.8 Å². The molecule has 8 heteroatoms. The second-order valence-electron chi connectivity index (χ2n) is 6.26. The fraction of sp³-hybridized carbons (Fsp3) is 0.190. The quantitative estimate of drug-likeness (QED) is 0.416. The van der Waals surface area contributed by atoms with Crippen LogP contribution >= 0.6 is 11.8 Å². The molecule has 0 aliphatic rings. The maximum atomic E-state index is 5.54. The summed E-state index contributed by atoms with van der Waals surface area (Å²) in [6.45, 7) is 1.88. The second-order valence-corrected chi connectivity index (χ2v) is 7.20. The molecule has 0 atom stereocenters.